The first-order chi connectivity index (χ1) is 10.7. The number of anilines is 1. The van der Waals surface area contributed by atoms with Gasteiger partial charge in [0.1, 0.15) is 5.82 Å². The van der Waals surface area contributed by atoms with Gasteiger partial charge in [0.05, 0.1) is 5.54 Å². The Morgan fingerprint density at radius 3 is 2.68 bits per heavy atom. The second-order valence-electron chi connectivity index (χ2n) is 5.62. The van der Waals surface area contributed by atoms with Crippen LogP contribution in [0.25, 0.3) is 0 Å². The highest BCUT2D eigenvalue weighted by Gasteiger charge is 2.36. The van der Waals surface area contributed by atoms with E-state index in [1.54, 1.807) is 18.3 Å². The van der Waals surface area contributed by atoms with E-state index in [1.165, 1.54) is 12.1 Å². The molecule has 0 saturated heterocycles. The largest absolute Gasteiger partial charge is 0.353 e. The summed E-state index contributed by atoms with van der Waals surface area (Å²) in [6.45, 7) is 0. The molecule has 1 aliphatic rings. The van der Waals surface area contributed by atoms with Crippen LogP contribution in [0.15, 0.2) is 48.8 Å². The molecule has 1 saturated carbocycles. The van der Waals surface area contributed by atoms with Crippen LogP contribution < -0.4 is 10.6 Å². The third kappa shape index (κ3) is 3.25. The van der Waals surface area contributed by atoms with E-state index in [4.69, 9.17) is 12.2 Å². The van der Waals surface area contributed by atoms with Crippen molar-refractivity contribution in [1.82, 2.24) is 10.3 Å². The molecule has 0 amide bonds. The minimum Gasteiger partial charge on any atom is -0.353 e. The number of hydrogen-bond donors (Lipinski definition) is 2. The van der Waals surface area contributed by atoms with Crippen molar-refractivity contribution in [2.45, 2.75) is 31.2 Å². The van der Waals surface area contributed by atoms with Gasteiger partial charge in [-0.3, -0.25) is 4.98 Å². The molecule has 0 bridgehead atoms. The molecule has 0 radical (unpaired) electrons. The third-order valence-corrected chi connectivity index (χ3v) is 4.31. The number of benzene rings is 1. The number of nitrogens with one attached hydrogen (secondary N) is 2. The van der Waals surface area contributed by atoms with Gasteiger partial charge in [-0.25, -0.2) is 4.39 Å². The van der Waals surface area contributed by atoms with E-state index < -0.39 is 0 Å². The lowest BCUT2D eigenvalue weighted by molar-refractivity contribution is 0.407. The first-order valence-corrected chi connectivity index (χ1v) is 7.84. The molecular weight excluding hydrogens is 297 g/mol. The minimum atomic E-state index is -0.282. The standard InChI is InChI=1S/C17H18FN3S/c18-14-6-3-7-15(11-14)20-16(22)21-17(8-1-2-9-17)13-5-4-10-19-12-13/h3-7,10-12H,1-2,8-9H2,(H2,20,21,22). The molecule has 0 unspecified atom stereocenters. The van der Waals surface area contributed by atoms with Crippen LogP contribution in [-0.2, 0) is 5.54 Å². The molecule has 1 aromatic heterocycles. The van der Waals surface area contributed by atoms with E-state index in [0.717, 1.165) is 31.2 Å². The fraction of sp³-hybridized carbons (Fsp3) is 0.294. The third-order valence-electron chi connectivity index (χ3n) is 4.11. The Labute approximate surface area is 135 Å². The van der Waals surface area contributed by atoms with Crippen LogP contribution >= 0.6 is 12.2 Å². The number of thiocarbonyl (C=S) groups is 1. The summed E-state index contributed by atoms with van der Waals surface area (Å²) >= 11 is 5.42. The van der Waals surface area contributed by atoms with Gasteiger partial charge in [0, 0.05) is 18.1 Å². The number of halogens is 1. The number of rotatable bonds is 3. The zero-order valence-electron chi connectivity index (χ0n) is 12.2. The van der Waals surface area contributed by atoms with Gasteiger partial charge in [-0.2, -0.15) is 0 Å². The summed E-state index contributed by atoms with van der Waals surface area (Å²) in [5.41, 5.74) is 1.62. The Morgan fingerprint density at radius 1 is 1.18 bits per heavy atom. The number of pyridine rings is 1. The first kappa shape index (κ1) is 14.9. The van der Waals surface area contributed by atoms with Crippen molar-refractivity contribution in [3.63, 3.8) is 0 Å². The van der Waals surface area contributed by atoms with Gasteiger partial charge in [-0.15, -0.1) is 0 Å². The Hall–Kier alpha value is -2.01. The molecule has 0 atom stereocenters. The van der Waals surface area contributed by atoms with Gasteiger partial charge in [0.15, 0.2) is 5.11 Å². The molecule has 3 rings (SSSR count). The molecule has 5 heteroatoms. The first-order valence-electron chi connectivity index (χ1n) is 7.43. The highest BCUT2D eigenvalue weighted by atomic mass is 32.1. The average Bonchev–Trinajstić information content (AvgIpc) is 2.98. The molecule has 3 nitrogen and oxygen atoms in total. The number of aromatic nitrogens is 1. The summed E-state index contributed by atoms with van der Waals surface area (Å²) < 4.78 is 13.3. The lowest BCUT2D eigenvalue weighted by Crippen LogP contribution is -2.45. The van der Waals surface area contributed by atoms with Gasteiger partial charge in [-0.1, -0.05) is 25.0 Å². The zero-order chi connectivity index (χ0) is 15.4. The second-order valence-corrected chi connectivity index (χ2v) is 6.03. The lowest BCUT2D eigenvalue weighted by atomic mass is 9.89. The van der Waals surface area contributed by atoms with E-state index in [2.05, 4.69) is 21.7 Å². The van der Waals surface area contributed by atoms with Gasteiger partial charge in [0.25, 0.3) is 0 Å². The molecule has 1 heterocycles. The minimum absolute atomic E-state index is 0.175. The van der Waals surface area contributed by atoms with Gasteiger partial charge in [0.2, 0.25) is 0 Å². The van der Waals surface area contributed by atoms with Crippen LogP contribution in [0.1, 0.15) is 31.2 Å². The smallest absolute Gasteiger partial charge is 0.171 e. The predicted molar refractivity (Wildman–Crippen MR) is 90.1 cm³/mol. The van der Waals surface area contributed by atoms with Crippen molar-refractivity contribution in [2.75, 3.05) is 5.32 Å². The van der Waals surface area contributed by atoms with E-state index in [-0.39, 0.29) is 11.4 Å². The van der Waals surface area contributed by atoms with Crippen molar-refractivity contribution in [3.05, 3.63) is 60.2 Å². The lowest BCUT2D eigenvalue weighted by Gasteiger charge is -2.32. The summed E-state index contributed by atoms with van der Waals surface area (Å²) in [5, 5.41) is 7.01. The highest BCUT2D eigenvalue weighted by molar-refractivity contribution is 7.80. The van der Waals surface area contributed by atoms with Crippen LogP contribution in [-0.4, -0.2) is 10.1 Å². The van der Waals surface area contributed by atoms with Crippen molar-refractivity contribution < 1.29 is 4.39 Å². The van der Waals surface area contributed by atoms with Crippen LogP contribution in [0.2, 0.25) is 0 Å². The average molecular weight is 315 g/mol. The summed E-state index contributed by atoms with van der Waals surface area (Å²) in [7, 11) is 0. The summed E-state index contributed by atoms with van der Waals surface area (Å²) in [5.74, 6) is -0.282. The Kier molecular flexibility index (Phi) is 4.34. The fourth-order valence-electron chi connectivity index (χ4n) is 3.06. The van der Waals surface area contributed by atoms with Crippen molar-refractivity contribution in [1.29, 1.82) is 0 Å². The van der Waals surface area contributed by atoms with Crippen LogP contribution in [0, 0.1) is 5.82 Å². The number of hydrogen-bond acceptors (Lipinski definition) is 2. The molecule has 114 valence electrons. The van der Waals surface area contributed by atoms with Crippen molar-refractivity contribution in [3.8, 4) is 0 Å². The SMILES string of the molecule is Fc1cccc(NC(=S)NC2(c3cccnc3)CCCC2)c1. The quantitative estimate of drug-likeness (QED) is 0.840. The van der Waals surface area contributed by atoms with E-state index >= 15 is 0 Å². The molecule has 22 heavy (non-hydrogen) atoms. The number of nitrogens with zero attached hydrogens (tertiary/aromatic N) is 1. The second kappa shape index (κ2) is 6.40. The van der Waals surface area contributed by atoms with Crippen LogP contribution in [0.3, 0.4) is 0 Å². The van der Waals surface area contributed by atoms with Gasteiger partial charge >= 0.3 is 0 Å². The van der Waals surface area contributed by atoms with Crippen LogP contribution in [0.4, 0.5) is 10.1 Å². The molecule has 2 aromatic rings. The van der Waals surface area contributed by atoms with E-state index in [1.807, 2.05) is 12.3 Å². The Balaban J connectivity index is 1.76. The summed E-state index contributed by atoms with van der Waals surface area (Å²) in [6, 6.07) is 10.3. The van der Waals surface area contributed by atoms with Crippen molar-refractivity contribution >= 4 is 23.0 Å². The predicted octanol–water partition coefficient (Wildman–Crippen LogP) is 3.98. The molecule has 1 aromatic carbocycles. The van der Waals surface area contributed by atoms with Gasteiger partial charge < -0.3 is 10.6 Å². The molecule has 1 aliphatic carbocycles. The molecule has 2 N–H and O–H groups in total. The maximum atomic E-state index is 13.3. The zero-order valence-corrected chi connectivity index (χ0v) is 13.0. The normalized spacial score (nSPS) is 16.2. The highest BCUT2D eigenvalue weighted by Crippen LogP contribution is 2.38. The van der Waals surface area contributed by atoms with Crippen molar-refractivity contribution in [2.24, 2.45) is 0 Å². The maximum Gasteiger partial charge on any atom is 0.171 e. The topological polar surface area (TPSA) is 37.0 Å². The fourth-order valence-corrected chi connectivity index (χ4v) is 3.37. The Morgan fingerprint density at radius 2 is 2.00 bits per heavy atom. The van der Waals surface area contributed by atoms with Crippen LogP contribution in [0.5, 0.6) is 0 Å². The van der Waals surface area contributed by atoms with E-state index in [9.17, 15) is 4.39 Å². The molecular formula is C17H18FN3S. The van der Waals surface area contributed by atoms with Gasteiger partial charge in [-0.05, 0) is 54.9 Å². The molecule has 0 aliphatic heterocycles. The monoisotopic (exact) mass is 315 g/mol. The Bertz CT molecular complexity index is 654. The summed E-state index contributed by atoms with van der Waals surface area (Å²) in [6.07, 6.45) is 8.01. The molecule has 0 spiro atoms. The maximum absolute atomic E-state index is 13.3. The van der Waals surface area contributed by atoms with E-state index in [0.29, 0.717) is 10.8 Å². The summed E-state index contributed by atoms with van der Waals surface area (Å²) in [4.78, 5) is 4.22. The molecule has 1 fully saturated rings.